The second-order valence-electron chi connectivity index (χ2n) is 6.42. The Balaban J connectivity index is 1.99. The van der Waals surface area contributed by atoms with E-state index in [1.165, 1.54) is 12.8 Å². The van der Waals surface area contributed by atoms with Gasteiger partial charge in [-0.2, -0.15) is 5.10 Å². The van der Waals surface area contributed by atoms with Crippen LogP contribution in [0.5, 0.6) is 0 Å². The van der Waals surface area contributed by atoms with E-state index in [1.807, 2.05) is 18.5 Å². The molecule has 0 radical (unpaired) electrons. The maximum Gasteiger partial charge on any atom is 0.333 e. The van der Waals surface area contributed by atoms with Crippen LogP contribution in [0.1, 0.15) is 38.4 Å². The summed E-state index contributed by atoms with van der Waals surface area (Å²) < 4.78 is 1.81. The van der Waals surface area contributed by atoms with E-state index in [0.717, 1.165) is 19.6 Å². The van der Waals surface area contributed by atoms with E-state index < -0.39 is 0 Å². The summed E-state index contributed by atoms with van der Waals surface area (Å²) in [6.07, 6.45) is 2.40. The summed E-state index contributed by atoms with van der Waals surface area (Å²) in [6.45, 7) is 8.53. The number of rotatable bonds is 3. The van der Waals surface area contributed by atoms with E-state index in [0.29, 0.717) is 23.5 Å². The van der Waals surface area contributed by atoms with Crippen LogP contribution in [0, 0.1) is 23.0 Å². The monoisotopic (exact) mass is 293 g/mol. The van der Waals surface area contributed by atoms with Gasteiger partial charge >= 0.3 is 5.69 Å². The smallest absolute Gasteiger partial charge is 0.333 e. The van der Waals surface area contributed by atoms with E-state index in [9.17, 15) is 10.1 Å². The summed E-state index contributed by atoms with van der Waals surface area (Å²) in [5.74, 6) is 1.28. The van der Waals surface area contributed by atoms with Crippen LogP contribution in [0.3, 0.4) is 0 Å². The number of anilines is 1. The first-order valence-corrected chi connectivity index (χ1v) is 7.71. The van der Waals surface area contributed by atoms with Crippen LogP contribution in [-0.2, 0) is 0 Å². The van der Waals surface area contributed by atoms with Crippen LogP contribution in [-0.4, -0.2) is 40.4 Å². The number of nitrogens with one attached hydrogen (secondary N) is 1. The fourth-order valence-corrected chi connectivity index (χ4v) is 3.61. The van der Waals surface area contributed by atoms with Gasteiger partial charge in [-0.25, -0.2) is 4.68 Å². The summed E-state index contributed by atoms with van der Waals surface area (Å²) >= 11 is 0. The van der Waals surface area contributed by atoms with Gasteiger partial charge in [0.25, 0.3) is 0 Å². The predicted molar refractivity (Wildman–Crippen MR) is 80.7 cm³/mol. The molecule has 21 heavy (non-hydrogen) atoms. The molecule has 0 unspecified atom stereocenters. The van der Waals surface area contributed by atoms with Gasteiger partial charge in [-0.05, 0) is 46.1 Å². The molecule has 1 aromatic heterocycles. The van der Waals surface area contributed by atoms with Gasteiger partial charge in [0.15, 0.2) is 0 Å². The molecule has 3 rings (SSSR count). The van der Waals surface area contributed by atoms with Gasteiger partial charge in [0.05, 0.1) is 4.92 Å². The molecule has 0 bridgehead atoms. The SMILES string of the molecule is Cc1nn(C(C)C)c(N2C[C@@H]3CCCN[C@@H]3C2)c1[N+](=O)[O-]. The second kappa shape index (κ2) is 5.29. The Bertz CT molecular complexity index is 540. The highest BCUT2D eigenvalue weighted by Gasteiger charge is 2.39. The number of hydrogen-bond donors (Lipinski definition) is 1. The molecule has 0 saturated carbocycles. The Morgan fingerprint density at radius 2 is 2.19 bits per heavy atom. The summed E-state index contributed by atoms with van der Waals surface area (Å²) in [7, 11) is 0. The average molecular weight is 293 g/mol. The maximum absolute atomic E-state index is 11.5. The van der Waals surface area contributed by atoms with Crippen molar-refractivity contribution in [2.75, 3.05) is 24.5 Å². The summed E-state index contributed by atoms with van der Waals surface area (Å²) in [4.78, 5) is 13.3. The lowest BCUT2D eigenvalue weighted by Gasteiger charge is -2.24. The third-order valence-electron chi connectivity index (χ3n) is 4.60. The number of nitro groups is 1. The maximum atomic E-state index is 11.5. The molecular weight excluding hydrogens is 270 g/mol. The lowest BCUT2D eigenvalue weighted by molar-refractivity contribution is -0.384. The standard InChI is InChI=1S/C14H23N5O2/c1-9(2)18-14(13(19(20)21)10(3)16-18)17-7-11-5-4-6-15-12(11)8-17/h9,11-12,15H,4-8H2,1-3H3/t11-,12+/m0/s1. The molecule has 2 saturated heterocycles. The van der Waals surface area contributed by atoms with Crippen LogP contribution in [0.2, 0.25) is 0 Å². The Morgan fingerprint density at radius 1 is 1.43 bits per heavy atom. The van der Waals surface area contributed by atoms with Gasteiger partial charge in [-0.3, -0.25) is 10.1 Å². The van der Waals surface area contributed by atoms with E-state index >= 15 is 0 Å². The normalized spacial score (nSPS) is 25.4. The molecule has 0 spiro atoms. The van der Waals surface area contributed by atoms with Crippen LogP contribution < -0.4 is 10.2 Å². The zero-order valence-electron chi connectivity index (χ0n) is 12.9. The Hall–Kier alpha value is -1.63. The van der Waals surface area contributed by atoms with E-state index in [-0.39, 0.29) is 16.7 Å². The Morgan fingerprint density at radius 3 is 2.81 bits per heavy atom. The molecule has 2 aliphatic heterocycles. The van der Waals surface area contributed by atoms with Crippen molar-refractivity contribution in [3.05, 3.63) is 15.8 Å². The van der Waals surface area contributed by atoms with Crippen molar-refractivity contribution in [2.24, 2.45) is 5.92 Å². The molecule has 7 nitrogen and oxygen atoms in total. The molecule has 0 aromatic carbocycles. The number of aromatic nitrogens is 2. The largest absolute Gasteiger partial charge is 0.349 e. The zero-order chi connectivity index (χ0) is 15.1. The molecule has 7 heteroatoms. The molecule has 1 aromatic rings. The lowest BCUT2D eigenvalue weighted by Crippen LogP contribution is -2.40. The summed E-state index contributed by atoms with van der Waals surface area (Å²) in [5.41, 5.74) is 0.675. The van der Waals surface area contributed by atoms with Crippen molar-refractivity contribution in [1.29, 1.82) is 0 Å². The van der Waals surface area contributed by atoms with Crippen molar-refractivity contribution >= 4 is 11.5 Å². The van der Waals surface area contributed by atoms with Gasteiger partial charge in [0.1, 0.15) is 5.69 Å². The molecule has 2 aliphatic rings. The molecule has 3 heterocycles. The van der Waals surface area contributed by atoms with Crippen LogP contribution >= 0.6 is 0 Å². The first-order chi connectivity index (χ1) is 9.99. The van der Waals surface area contributed by atoms with Crippen LogP contribution in [0.4, 0.5) is 11.5 Å². The molecule has 0 amide bonds. The van der Waals surface area contributed by atoms with Crippen molar-refractivity contribution in [1.82, 2.24) is 15.1 Å². The summed E-state index contributed by atoms with van der Waals surface area (Å²) in [6, 6.07) is 0.567. The highest BCUT2D eigenvalue weighted by molar-refractivity contribution is 5.62. The lowest BCUT2D eigenvalue weighted by atomic mass is 9.94. The number of aryl methyl sites for hydroxylation is 1. The van der Waals surface area contributed by atoms with E-state index in [2.05, 4.69) is 15.3 Å². The fraction of sp³-hybridized carbons (Fsp3) is 0.786. The molecular formula is C14H23N5O2. The van der Waals surface area contributed by atoms with Gasteiger partial charge < -0.3 is 10.2 Å². The first kappa shape index (κ1) is 14.3. The zero-order valence-corrected chi connectivity index (χ0v) is 12.9. The molecule has 0 aliphatic carbocycles. The highest BCUT2D eigenvalue weighted by Crippen LogP contribution is 2.38. The second-order valence-corrected chi connectivity index (χ2v) is 6.42. The molecule has 116 valence electrons. The van der Waals surface area contributed by atoms with E-state index in [4.69, 9.17) is 0 Å². The van der Waals surface area contributed by atoms with Crippen molar-refractivity contribution in [3.63, 3.8) is 0 Å². The third kappa shape index (κ3) is 2.39. The van der Waals surface area contributed by atoms with Gasteiger partial charge in [0, 0.05) is 25.2 Å². The third-order valence-corrected chi connectivity index (χ3v) is 4.60. The van der Waals surface area contributed by atoms with Crippen molar-refractivity contribution in [3.8, 4) is 0 Å². The van der Waals surface area contributed by atoms with Crippen LogP contribution in [0.25, 0.3) is 0 Å². The van der Waals surface area contributed by atoms with Gasteiger partial charge in [0.2, 0.25) is 5.82 Å². The topological polar surface area (TPSA) is 76.2 Å². The fourth-order valence-electron chi connectivity index (χ4n) is 3.61. The van der Waals surface area contributed by atoms with Gasteiger partial charge in [-0.1, -0.05) is 0 Å². The van der Waals surface area contributed by atoms with Crippen molar-refractivity contribution < 1.29 is 4.92 Å². The first-order valence-electron chi connectivity index (χ1n) is 7.71. The highest BCUT2D eigenvalue weighted by atomic mass is 16.6. The van der Waals surface area contributed by atoms with E-state index in [1.54, 1.807) is 6.92 Å². The minimum Gasteiger partial charge on any atom is -0.349 e. The predicted octanol–water partition coefficient (Wildman–Crippen LogP) is 1.87. The number of fused-ring (bicyclic) bond motifs is 1. The quantitative estimate of drug-likeness (QED) is 0.680. The van der Waals surface area contributed by atoms with Crippen LogP contribution in [0.15, 0.2) is 0 Å². The van der Waals surface area contributed by atoms with Gasteiger partial charge in [-0.15, -0.1) is 0 Å². The van der Waals surface area contributed by atoms with Crippen molar-refractivity contribution in [2.45, 2.75) is 45.7 Å². The summed E-state index contributed by atoms with van der Waals surface area (Å²) in [5, 5.41) is 19.4. The Kier molecular flexibility index (Phi) is 3.61. The molecule has 1 N–H and O–H groups in total. The number of nitrogens with zero attached hydrogens (tertiary/aromatic N) is 4. The number of piperidine rings is 1. The average Bonchev–Trinajstić information content (AvgIpc) is 2.98. The minimum absolute atomic E-state index is 0.114. The Labute approximate surface area is 124 Å². The molecule has 2 atom stereocenters. The molecule has 2 fully saturated rings. The minimum atomic E-state index is -0.286. The number of hydrogen-bond acceptors (Lipinski definition) is 5.